The Kier molecular flexibility index (Phi) is 6.72. The van der Waals surface area contributed by atoms with Crippen LogP contribution in [-0.4, -0.2) is 36.6 Å². The number of amides is 1. The molecule has 0 saturated heterocycles. The maximum atomic E-state index is 12.3. The Bertz CT molecular complexity index is 1350. The van der Waals surface area contributed by atoms with Gasteiger partial charge in [0.2, 0.25) is 11.7 Å². The van der Waals surface area contributed by atoms with E-state index in [2.05, 4.69) is 21.7 Å². The number of nitrogens with one attached hydrogen (secondary N) is 3. The van der Waals surface area contributed by atoms with E-state index in [9.17, 15) is 9.59 Å². The fraction of sp³-hybridized carbons (Fsp3) is 0.240. The number of nitrogens with zero attached hydrogens (tertiary/aromatic N) is 1. The van der Waals surface area contributed by atoms with E-state index in [1.165, 1.54) is 0 Å². The number of aromatic amines is 1. The first-order valence-corrected chi connectivity index (χ1v) is 10.8. The molecule has 0 fully saturated rings. The number of rotatable bonds is 9. The van der Waals surface area contributed by atoms with E-state index in [4.69, 9.17) is 14.4 Å². The van der Waals surface area contributed by atoms with Gasteiger partial charge in [-0.25, -0.2) is 4.79 Å². The van der Waals surface area contributed by atoms with Gasteiger partial charge in [-0.3, -0.25) is 4.79 Å². The highest BCUT2D eigenvalue weighted by atomic mass is 16.5. The largest absolute Gasteiger partial charge is 0.460 e. The summed E-state index contributed by atoms with van der Waals surface area (Å²) in [6.45, 7) is 2.87. The summed E-state index contributed by atoms with van der Waals surface area (Å²) in [5.41, 5.74) is 3.99. The predicted octanol–water partition coefficient (Wildman–Crippen LogP) is 4.12. The summed E-state index contributed by atoms with van der Waals surface area (Å²) in [6.07, 6.45) is 3.66. The first-order chi connectivity index (χ1) is 16.1. The van der Waals surface area contributed by atoms with Crippen LogP contribution in [0.3, 0.4) is 0 Å². The van der Waals surface area contributed by atoms with Crippen LogP contribution in [0.5, 0.6) is 0 Å². The first-order valence-electron chi connectivity index (χ1n) is 10.8. The summed E-state index contributed by atoms with van der Waals surface area (Å²) in [5, 5.41) is 16.9. The second-order valence-corrected chi connectivity index (χ2v) is 7.60. The molecule has 0 aliphatic rings. The second kappa shape index (κ2) is 10.0. The predicted molar refractivity (Wildman–Crippen MR) is 125 cm³/mol. The van der Waals surface area contributed by atoms with Gasteiger partial charge in [-0.1, -0.05) is 0 Å². The lowest BCUT2D eigenvalue weighted by Gasteiger charge is -2.07. The van der Waals surface area contributed by atoms with E-state index in [1.807, 2.05) is 18.3 Å². The Labute approximate surface area is 190 Å². The molecule has 4 rings (SSSR count). The average Bonchev–Trinajstić information content (AvgIpc) is 3.42. The van der Waals surface area contributed by atoms with Crippen molar-refractivity contribution in [3.8, 4) is 6.07 Å². The minimum absolute atomic E-state index is 0.135. The maximum Gasteiger partial charge on any atom is 0.374 e. The molecule has 2 heterocycles. The second-order valence-electron chi connectivity index (χ2n) is 7.60. The van der Waals surface area contributed by atoms with Crippen molar-refractivity contribution >= 4 is 39.4 Å². The molecule has 0 spiro atoms. The number of carbonyl (C=O) groups excluding carboxylic acids is 2. The van der Waals surface area contributed by atoms with Gasteiger partial charge in [0, 0.05) is 28.2 Å². The Morgan fingerprint density at radius 2 is 2.06 bits per heavy atom. The van der Waals surface area contributed by atoms with E-state index < -0.39 is 5.97 Å². The van der Waals surface area contributed by atoms with Crippen LogP contribution in [-0.2, 0) is 16.0 Å². The van der Waals surface area contributed by atoms with E-state index in [0.717, 1.165) is 29.3 Å². The number of hydrogen-bond donors (Lipinski definition) is 3. The Balaban J connectivity index is 1.25. The van der Waals surface area contributed by atoms with Crippen molar-refractivity contribution in [1.82, 2.24) is 10.3 Å². The van der Waals surface area contributed by atoms with E-state index in [-0.39, 0.29) is 24.8 Å². The van der Waals surface area contributed by atoms with Crippen LogP contribution in [0.4, 0.5) is 5.69 Å². The van der Waals surface area contributed by atoms with Crippen LogP contribution in [0, 0.1) is 11.3 Å². The summed E-state index contributed by atoms with van der Waals surface area (Å²) in [7, 11) is 0. The Hall–Kier alpha value is -4.09. The number of anilines is 1. The maximum absolute atomic E-state index is 12.3. The van der Waals surface area contributed by atoms with Gasteiger partial charge >= 0.3 is 5.97 Å². The molecule has 8 heteroatoms. The summed E-state index contributed by atoms with van der Waals surface area (Å²) >= 11 is 0. The Morgan fingerprint density at radius 1 is 1.18 bits per heavy atom. The molecule has 0 bridgehead atoms. The van der Waals surface area contributed by atoms with Gasteiger partial charge < -0.3 is 24.8 Å². The van der Waals surface area contributed by atoms with Crippen LogP contribution in [0.25, 0.3) is 21.9 Å². The zero-order valence-electron chi connectivity index (χ0n) is 18.2. The molecule has 8 nitrogen and oxygen atoms in total. The molecule has 33 heavy (non-hydrogen) atoms. The van der Waals surface area contributed by atoms with Gasteiger partial charge in [0.15, 0.2) is 0 Å². The molecular weight excluding hydrogens is 420 g/mol. The summed E-state index contributed by atoms with van der Waals surface area (Å²) < 4.78 is 10.4. The zero-order valence-corrected chi connectivity index (χ0v) is 18.2. The summed E-state index contributed by atoms with van der Waals surface area (Å²) in [5.74, 6) is -0.535. The SMILES string of the molecule is CCOC(=O)c1cc2cc(NC(=O)CNCCCc3c[nH]c4ccc(C#N)cc34)ccc2o1. The minimum atomic E-state index is -0.512. The third-order valence-electron chi connectivity index (χ3n) is 5.26. The molecule has 1 amide bonds. The number of H-pyrrole nitrogens is 1. The van der Waals surface area contributed by atoms with Crippen molar-refractivity contribution in [2.24, 2.45) is 0 Å². The highest BCUT2D eigenvalue weighted by Gasteiger charge is 2.14. The number of ether oxygens (including phenoxy) is 1. The topological polar surface area (TPSA) is 120 Å². The number of aromatic nitrogens is 1. The molecule has 0 unspecified atom stereocenters. The molecular formula is C25H24N4O4. The van der Waals surface area contributed by atoms with Crippen molar-refractivity contribution in [3.05, 3.63) is 65.5 Å². The van der Waals surface area contributed by atoms with Crippen LogP contribution in [0.15, 0.2) is 53.1 Å². The van der Waals surface area contributed by atoms with Gasteiger partial charge in [-0.15, -0.1) is 0 Å². The molecule has 0 atom stereocenters. The monoisotopic (exact) mass is 444 g/mol. The fourth-order valence-electron chi connectivity index (χ4n) is 3.69. The van der Waals surface area contributed by atoms with Crippen molar-refractivity contribution in [3.63, 3.8) is 0 Å². The lowest BCUT2D eigenvalue weighted by molar-refractivity contribution is -0.115. The molecule has 2 aromatic carbocycles. The minimum Gasteiger partial charge on any atom is -0.460 e. The fourth-order valence-corrected chi connectivity index (χ4v) is 3.69. The van der Waals surface area contributed by atoms with Crippen LogP contribution in [0.1, 0.15) is 35.0 Å². The number of nitriles is 1. The number of benzene rings is 2. The van der Waals surface area contributed by atoms with E-state index in [1.54, 1.807) is 37.3 Å². The number of aryl methyl sites for hydroxylation is 1. The Morgan fingerprint density at radius 3 is 2.88 bits per heavy atom. The molecule has 0 saturated carbocycles. The lowest BCUT2D eigenvalue weighted by Crippen LogP contribution is -2.28. The van der Waals surface area contributed by atoms with Crippen LogP contribution < -0.4 is 10.6 Å². The highest BCUT2D eigenvalue weighted by Crippen LogP contribution is 2.24. The van der Waals surface area contributed by atoms with Gasteiger partial charge in [0.05, 0.1) is 24.8 Å². The number of esters is 1. The third kappa shape index (κ3) is 5.22. The molecule has 2 aromatic heterocycles. The van der Waals surface area contributed by atoms with Crippen molar-refractivity contribution in [2.45, 2.75) is 19.8 Å². The number of furan rings is 1. The lowest BCUT2D eigenvalue weighted by atomic mass is 10.1. The smallest absolute Gasteiger partial charge is 0.374 e. The van der Waals surface area contributed by atoms with Crippen LogP contribution >= 0.6 is 0 Å². The van der Waals surface area contributed by atoms with Gasteiger partial charge in [-0.2, -0.15) is 5.26 Å². The molecule has 4 aromatic rings. The zero-order chi connectivity index (χ0) is 23.2. The number of hydrogen-bond acceptors (Lipinski definition) is 6. The van der Waals surface area contributed by atoms with Crippen LogP contribution in [0.2, 0.25) is 0 Å². The summed E-state index contributed by atoms with van der Waals surface area (Å²) in [6, 6.07) is 14.6. The molecule has 3 N–H and O–H groups in total. The van der Waals surface area contributed by atoms with Gasteiger partial charge in [-0.05, 0) is 74.3 Å². The first kappa shape index (κ1) is 22.1. The van der Waals surface area contributed by atoms with Crippen molar-refractivity contribution in [2.75, 3.05) is 25.0 Å². The highest BCUT2D eigenvalue weighted by molar-refractivity contribution is 5.97. The molecule has 168 valence electrons. The van der Waals surface area contributed by atoms with Gasteiger partial charge in [0.1, 0.15) is 5.58 Å². The quantitative estimate of drug-likeness (QED) is 0.264. The standard InChI is InChI=1S/C25H24N4O4/c1-2-32-25(31)23-12-18-11-19(6-8-22(18)33-23)29-24(30)15-27-9-3-4-17-14-28-21-7-5-16(13-26)10-20(17)21/h5-8,10-12,14,27-28H,2-4,9,15H2,1H3,(H,29,30). The molecule has 0 aliphatic carbocycles. The average molecular weight is 444 g/mol. The number of carbonyl (C=O) groups is 2. The van der Waals surface area contributed by atoms with Gasteiger partial charge in [0.25, 0.3) is 0 Å². The molecule has 0 radical (unpaired) electrons. The van der Waals surface area contributed by atoms with Crippen molar-refractivity contribution < 1.29 is 18.7 Å². The molecule has 0 aliphatic heterocycles. The normalized spacial score (nSPS) is 10.9. The van der Waals surface area contributed by atoms with E-state index in [0.29, 0.717) is 28.8 Å². The third-order valence-corrected chi connectivity index (χ3v) is 5.26. The summed E-state index contributed by atoms with van der Waals surface area (Å²) in [4.78, 5) is 27.3. The van der Waals surface area contributed by atoms with Crippen molar-refractivity contribution in [1.29, 1.82) is 5.26 Å². The van der Waals surface area contributed by atoms with E-state index >= 15 is 0 Å². The number of fused-ring (bicyclic) bond motifs is 2.